The molecule has 1 rings (SSSR count). The summed E-state index contributed by atoms with van der Waals surface area (Å²) < 4.78 is 13.3. The van der Waals surface area contributed by atoms with E-state index < -0.39 is 10.9 Å². The van der Waals surface area contributed by atoms with E-state index in [2.05, 4.69) is 0 Å². The van der Waals surface area contributed by atoms with Gasteiger partial charge in [-0.1, -0.05) is 43.0 Å². The lowest BCUT2D eigenvalue weighted by Gasteiger charge is -1.99. The van der Waals surface area contributed by atoms with Crippen LogP contribution in [-0.4, -0.2) is 10.9 Å². The fraction of sp³-hybridized carbons (Fsp3) is 0.250. The number of hydrogen-bond donors (Lipinski definition) is 0. The first kappa shape index (κ1) is 12.0. The summed E-state index contributed by atoms with van der Waals surface area (Å²) in [6.07, 6.45) is 1.29. The molecule has 1 aromatic carbocycles. The first-order valence-corrected chi connectivity index (χ1v) is 5.73. The van der Waals surface area contributed by atoms with Crippen molar-refractivity contribution >= 4 is 23.0 Å². The Morgan fingerprint density at radius 1 is 1.47 bits per heavy atom. The van der Waals surface area contributed by atoms with E-state index in [4.69, 9.17) is 0 Å². The molecule has 0 atom stereocenters. The van der Waals surface area contributed by atoms with Crippen molar-refractivity contribution in [3.05, 3.63) is 41.2 Å². The summed E-state index contributed by atoms with van der Waals surface area (Å²) in [7, 11) is 0. The van der Waals surface area contributed by atoms with Gasteiger partial charge in [0.1, 0.15) is 0 Å². The molecule has 0 aliphatic carbocycles. The Hall–Kier alpha value is -1.09. The standard InChI is InChI=1S/C12H13FOS/c1-3-15-12(14)11(13)8-10-7-5-4-6-9(10)2/h4-8H,3H2,1-2H3/b11-8+. The molecule has 0 aromatic heterocycles. The summed E-state index contributed by atoms with van der Waals surface area (Å²) in [5.74, 6) is -0.0930. The van der Waals surface area contributed by atoms with E-state index in [1.54, 1.807) is 6.07 Å². The molecule has 0 bridgehead atoms. The molecule has 0 aliphatic rings. The minimum Gasteiger partial charge on any atom is -0.279 e. The number of halogens is 1. The lowest BCUT2D eigenvalue weighted by Crippen LogP contribution is -1.92. The third-order valence-corrected chi connectivity index (χ3v) is 2.69. The Kier molecular flexibility index (Phi) is 4.56. The van der Waals surface area contributed by atoms with Crippen molar-refractivity contribution in [2.24, 2.45) is 0 Å². The second-order valence-corrected chi connectivity index (χ2v) is 4.31. The second kappa shape index (κ2) is 5.71. The van der Waals surface area contributed by atoms with Crippen LogP contribution in [0.5, 0.6) is 0 Å². The summed E-state index contributed by atoms with van der Waals surface area (Å²) in [5.41, 5.74) is 1.71. The molecule has 0 saturated carbocycles. The molecule has 1 nitrogen and oxygen atoms in total. The molecule has 0 saturated heterocycles. The predicted octanol–water partition coefficient (Wildman–Crippen LogP) is 3.59. The number of aryl methyl sites for hydroxylation is 1. The fourth-order valence-corrected chi connectivity index (χ4v) is 1.60. The zero-order valence-electron chi connectivity index (χ0n) is 8.79. The highest BCUT2D eigenvalue weighted by Crippen LogP contribution is 2.17. The van der Waals surface area contributed by atoms with Crippen molar-refractivity contribution in [2.45, 2.75) is 13.8 Å². The number of carbonyl (C=O) groups is 1. The number of hydrogen-bond acceptors (Lipinski definition) is 2. The SMILES string of the molecule is CCSC(=O)/C(F)=C\c1ccccc1C. The van der Waals surface area contributed by atoms with Crippen molar-refractivity contribution in [2.75, 3.05) is 5.75 Å². The highest BCUT2D eigenvalue weighted by Gasteiger charge is 2.08. The molecule has 15 heavy (non-hydrogen) atoms. The normalized spacial score (nSPS) is 11.5. The van der Waals surface area contributed by atoms with Crippen molar-refractivity contribution in [1.82, 2.24) is 0 Å². The maximum atomic E-state index is 13.3. The number of rotatable bonds is 3. The van der Waals surface area contributed by atoms with Gasteiger partial charge >= 0.3 is 0 Å². The van der Waals surface area contributed by atoms with Crippen LogP contribution in [0.2, 0.25) is 0 Å². The molecule has 3 heteroatoms. The summed E-state index contributed by atoms with van der Waals surface area (Å²) in [4.78, 5) is 11.2. The van der Waals surface area contributed by atoms with Crippen LogP contribution in [-0.2, 0) is 4.79 Å². The molecule has 1 aromatic rings. The highest BCUT2D eigenvalue weighted by atomic mass is 32.2. The molecule has 0 unspecified atom stereocenters. The zero-order valence-corrected chi connectivity index (χ0v) is 9.60. The largest absolute Gasteiger partial charge is 0.279 e. The smallest absolute Gasteiger partial charge is 0.247 e. The lowest BCUT2D eigenvalue weighted by atomic mass is 10.1. The molecule has 0 N–H and O–H groups in total. The number of thioether (sulfide) groups is 1. The van der Waals surface area contributed by atoms with Gasteiger partial charge in [0.15, 0.2) is 5.83 Å². The highest BCUT2D eigenvalue weighted by molar-refractivity contribution is 8.14. The lowest BCUT2D eigenvalue weighted by molar-refractivity contribution is -0.109. The van der Waals surface area contributed by atoms with Crippen LogP contribution in [0, 0.1) is 6.92 Å². The minimum absolute atomic E-state index is 0.499. The van der Waals surface area contributed by atoms with E-state index in [1.807, 2.05) is 32.0 Å². The van der Waals surface area contributed by atoms with Gasteiger partial charge in [0.25, 0.3) is 0 Å². The fourth-order valence-electron chi connectivity index (χ4n) is 1.14. The molecule has 80 valence electrons. The topological polar surface area (TPSA) is 17.1 Å². The molecule has 0 aliphatic heterocycles. The average molecular weight is 224 g/mol. The van der Waals surface area contributed by atoms with Crippen LogP contribution in [0.4, 0.5) is 4.39 Å². The summed E-state index contributed by atoms with van der Waals surface area (Å²) in [6.45, 7) is 3.71. The Morgan fingerprint density at radius 3 is 2.73 bits per heavy atom. The number of carbonyl (C=O) groups excluding carboxylic acids is 1. The van der Waals surface area contributed by atoms with Crippen molar-refractivity contribution < 1.29 is 9.18 Å². The molecule has 0 spiro atoms. The van der Waals surface area contributed by atoms with Gasteiger partial charge in [0.05, 0.1) is 0 Å². The monoisotopic (exact) mass is 224 g/mol. The van der Waals surface area contributed by atoms with Crippen LogP contribution in [0.3, 0.4) is 0 Å². The second-order valence-electron chi connectivity index (χ2n) is 3.07. The Morgan fingerprint density at radius 2 is 2.13 bits per heavy atom. The first-order valence-electron chi connectivity index (χ1n) is 4.75. The Balaban J connectivity index is 2.88. The van der Waals surface area contributed by atoms with Crippen molar-refractivity contribution in [3.8, 4) is 0 Å². The summed E-state index contributed by atoms with van der Waals surface area (Å²) in [6, 6.07) is 7.38. The van der Waals surface area contributed by atoms with Crippen LogP contribution in [0.15, 0.2) is 30.1 Å². The van der Waals surface area contributed by atoms with Gasteiger partial charge in [0, 0.05) is 0 Å². The van der Waals surface area contributed by atoms with Gasteiger partial charge < -0.3 is 0 Å². The van der Waals surface area contributed by atoms with Crippen LogP contribution < -0.4 is 0 Å². The van der Waals surface area contributed by atoms with E-state index in [0.29, 0.717) is 5.75 Å². The quantitative estimate of drug-likeness (QED) is 0.730. The van der Waals surface area contributed by atoms with Crippen molar-refractivity contribution in [1.29, 1.82) is 0 Å². The molecule has 0 heterocycles. The van der Waals surface area contributed by atoms with Gasteiger partial charge in [-0.15, -0.1) is 0 Å². The van der Waals surface area contributed by atoms with E-state index >= 15 is 0 Å². The third kappa shape index (κ3) is 3.51. The Labute approximate surface area is 93.4 Å². The van der Waals surface area contributed by atoms with E-state index in [1.165, 1.54) is 6.08 Å². The minimum atomic E-state index is -0.684. The first-order chi connectivity index (χ1) is 7.15. The zero-order chi connectivity index (χ0) is 11.3. The average Bonchev–Trinajstić information content (AvgIpc) is 2.21. The molecule has 0 fully saturated rings. The van der Waals surface area contributed by atoms with Gasteiger partial charge in [-0.3, -0.25) is 4.79 Å². The van der Waals surface area contributed by atoms with E-state index in [0.717, 1.165) is 22.9 Å². The van der Waals surface area contributed by atoms with Gasteiger partial charge in [-0.2, -0.15) is 0 Å². The van der Waals surface area contributed by atoms with Gasteiger partial charge in [0.2, 0.25) is 5.12 Å². The van der Waals surface area contributed by atoms with Crippen LogP contribution in [0.25, 0.3) is 6.08 Å². The molecular formula is C12H13FOS. The van der Waals surface area contributed by atoms with Crippen LogP contribution in [0.1, 0.15) is 18.1 Å². The predicted molar refractivity (Wildman–Crippen MR) is 63.4 cm³/mol. The summed E-state index contributed by atoms with van der Waals surface area (Å²) >= 11 is 0.982. The Bertz CT molecular complexity index is 385. The van der Waals surface area contributed by atoms with Gasteiger partial charge in [-0.05, 0) is 29.9 Å². The number of benzene rings is 1. The molecular weight excluding hydrogens is 211 g/mol. The summed E-state index contributed by atoms with van der Waals surface area (Å²) in [5, 5.41) is -0.499. The molecule has 0 amide bonds. The third-order valence-electron chi connectivity index (χ3n) is 1.94. The maximum absolute atomic E-state index is 13.3. The van der Waals surface area contributed by atoms with E-state index in [9.17, 15) is 9.18 Å². The maximum Gasteiger partial charge on any atom is 0.247 e. The van der Waals surface area contributed by atoms with Gasteiger partial charge in [-0.25, -0.2) is 4.39 Å². The van der Waals surface area contributed by atoms with Crippen LogP contribution >= 0.6 is 11.8 Å². The van der Waals surface area contributed by atoms with Crippen molar-refractivity contribution in [3.63, 3.8) is 0 Å². The van der Waals surface area contributed by atoms with E-state index in [-0.39, 0.29) is 0 Å². The molecule has 0 radical (unpaired) electrons.